The highest BCUT2D eigenvalue weighted by Crippen LogP contribution is 2.38. The molecule has 1 atom stereocenters. The van der Waals surface area contributed by atoms with Gasteiger partial charge in [-0.1, -0.05) is 12.1 Å². The molecule has 0 saturated carbocycles. The number of likely N-dealkylation sites (N-methyl/N-ethyl adjacent to an activating group) is 1. The van der Waals surface area contributed by atoms with Crippen LogP contribution in [-0.2, 0) is 19.6 Å². The average molecular weight is 559 g/mol. The number of carbonyl (C=O) groups is 2. The lowest BCUT2D eigenvalue weighted by molar-refractivity contribution is -0.115. The van der Waals surface area contributed by atoms with E-state index in [1.54, 1.807) is 37.2 Å². The summed E-state index contributed by atoms with van der Waals surface area (Å²) in [5.74, 6) is -2.41. The number of ether oxygens (including phenoxy) is 1. The number of aliphatic imine (C=N–C) groups is 1. The number of rotatable bonds is 9. The number of thiophene rings is 1. The van der Waals surface area contributed by atoms with E-state index in [-0.39, 0.29) is 23.8 Å². The van der Waals surface area contributed by atoms with Crippen LogP contribution < -0.4 is 9.62 Å². The maximum Gasteiger partial charge on any atom is 0.337 e. The van der Waals surface area contributed by atoms with Gasteiger partial charge in [0.15, 0.2) is 0 Å². The number of hydrogen-bond acceptors (Lipinski definition) is 8. The molecule has 0 aliphatic carbocycles. The van der Waals surface area contributed by atoms with Crippen molar-refractivity contribution >= 4 is 56.0 Å². The number of sulfonamides is 1. The summed E-state index contributed by atoms with van der Waals surface area (Å²) in [6, 6.07) is 12.5. The molecule has 1 aliphatic rings. The van der Waals surface area contributed by atoms with Crippen LogP contribution in [0, 0.1) is 5.82 Å². The van der Waals surface area contributed by atoms with E-state index in [1.807, 2.05) is 17.5 Å². The van der Waals surface area contributed by atoms with Crippen LogP contribution in [0.5, 0.6) is 0 Å². The van der Waals surface area contributed by atoms with Crippen LogP contribution in [-0.4, -0.2) is 71.5 Å². The lowest BCUT2D eigenvalue weighted by Gasteiger charge is -2.24. The normalized spacial score (nSPS) is 15.4. The summed E-state index contributed by atoms with van der Waals surface area (Å²) in [6.07, 6.45) is 1.03. The summed E-state index contributed by atoms with van der Waals surface area (Å²) in [6.45, 7) is 0.487. The monoisotopic (exact) mass is 558 g/mol. The predicted molar refractivity (Wildman–Crippen MR) is 147 cm³/mol. The van der Waals surface area contributed by atoms with Crippen LogP contribution >= 0.6 is 11.3 Å². The number of nitrogens with zero attached hydrogens (tertiary/aromatic N) is 3. The Morgan fingerprint density at radius 3 is 2.53 bits per heavy atom. The number of carbonyl (C=O) groups excluding carboxylic acids is 2. The Kier molecular flexibility index (Phi) is 7.95. The summed E-state index contributed by atoms with van der Waals surface area (Å²) >= 11 is 1.38. The van der Waals surface area contributed by atoms with Crippen molar-refractivity contribution in [2.45, 2.75) is 5.92 Å². The van der Waals surface area contributed by atoms with E-state index < -0.39 is 27.7 Å². The molecule has 2 heterocycles. The molecular weight excluding hydrogens is 531 g/mol. The third-order valence-corrected chi connectivity index (χ3v) is 8.02. The van der Waals surface area contributed by atoms with Gasteiger partial charge in [0.25, 0.3) is 0 Å². The molecule has 1 aromatic heterocycles. The largest absolute Gasteiger partial charge is 0.465 e. The summed E-state index contributed by atoms with van der Waals surface area (Å²) < 4.78 is 45.8. The van der Waals surface area contributed by atoms with Gasteiger partial charge in [0.1, 0.15) is 11.7 Å². The van der Waals surface area contributed by atoms with Gasteiger partial charge in [-0.2, -0.15) is 0 Å². The fraction of sp³-hybridized carbons (Fsp3) is 0.269. The standard InChI is InChI=1S/C26H27FN4O5S2/c1-30(2)11-12-31(38(4,34)35)21-10-8-17(15-19(21)27)28-24(22-6-5-13-37-22)23-18-9-7-16(26(33)36-3)14-20(18)29-25(23)32/h5-10,13-15,23H,11-12H2,1-4H3,(H,29,32). The summed E-state index contributed by atoms with van der Waals surface area (Å²) in [4.78, 5) is 32.2. The fourth-order valence-corrected chi connectivity index (χ4v) is 5.79. The molecule has 9 nitrogen and oxygen atoms in total. The van der Waals surface area contributed by atoms with Gasteiger partial charge < -0.3 is 15.0 Å². The van der Waals surface area contributed by atoms with Crippen LogP contribution in [0.25, 0.3) is 0 Å². The van der Waals surface area contributed by atoms with Crippen molar-refractivity contribution in [1.29, 1.82) is 0 Å². The Morgan fingerprint density at radius 1 is 1.16 bits per heavy atom. The Hall–Kier alpha value is -3.61. The maximum atomic E-state index is 15.3. The SMILES string of the molecule is COC(=O)c1ccc2c(c1)NC(=O)C2C(=Nc1ccc(N(CCN(C)C)S(C)(=O)=O)c(F)c1)c1cccs1. The minimum Gasteiger partial charge on any atom is -0.465 e. The van der Waals surface area contributed by atoms with Crippen molar-refractivity contribution in [2.24, 2.45) is 4.99 Å². The average Bonchev–Trinajstić information content (AvgIpc) is 3.49. The molecule has 38 heavy (non-hydrogen) atoms. The predicted octanol–water partition coefficient (Wildman–Crippen LogP) is 3.86. The van der Waals surface area contributed by atoms with Crippen molar-refractivity contribution < 1.29 is 27.1 Å². The van der Waals surface area contributed by atoms with E-state index in [4.69, 9.17) is 4.74 Å². The summed E-state index contributed by atoms with van der Waals surface area (Å²) in [5, 5.41) is 4.64. The zero-order chi connectivity index (χ0) is 27.6. The smallest absolute Gasteiger partial charge is 0.337 e. The Labute approximate surface area is 224 Å². The molecule has 1 aliphatic heterocycles. The number of esters is 1. The maximum absolute atomic E-state index is 15.3. The summed E-state index contributed by atoms with van der Waals surface area (Å²) in [7, 11) is 1.15. The Bertz CT molecular complexity index is 1500. The fourth-order valence-electron chi connectivity index (χ4n) is 4.13. The molecule has 0 radical (unpaired) electrons. The zero-order valence-electron chi connectivity index (χ0n) is 21.3. The van der Waals surface area contributed by atoms with Crippen molar-refractivity contribution in [3.05, 3.63) is 75.7 Å². The highest BCUT2D eigenvalue weighted by Gasteiger charge is 2.36. The van der Waals surface area contributed by atoms with E-state index in [0.29, 0.717) is 33.9 Å². The molecule has 12 heteroatoms. The molecule has 1 N–H and O–H groups in total. The van der Waals surface area contributed by atoms with E-state index in [0.717, 1.165) is 16.6 Å². The van der Waals surface area contributed by atoms with Crippen LogP contribution in [0.3, 0.4) is 0 Å². The number of methoxy groups -OCH3 is 1. The second-order valence-corrected chi connectivity index (χ2v) is 11.8. The number of anilines is 2. The number of benzene rings is 2. The zero-order valence-corrected chi connectivity index (χ0v) is 22.9. The van der Waals surface area contributed by atoms with Crippen LogP contribution in [0.1, 0.15) is 26.7 Å². The van der Waals surface area contributed by atoms with Gasteiger partial charge in [0, 0.05) is 29.7 Å². The molecule has 200 valence electrons. The molecule has 1 amide bonds. The minimum absolute atomic E-state index is 0.0785. The quantitative estimate of drug-likeness (QED) is 0.316. The summed E-state index contributed by atoms with van der Waals surface area (Å²) in [5.41, 5.74) is 1.94. The molecule has 0 fully saturated rings. The number of halogens is 1. The van der Waals surface area contributed by atoms with Crippen molar-refractivity contribution in [2.75, 3.05) is 50.2 Å². The van der Waals surface area contributed by atoms with Crippen LogP contribution in [0.2, 0.25) is 0 Å². The van der Waals surface area contributed by atoms with Gasteiger partial charge in [-0.25, -0.2) is 17.6 Å². The number of hydrogen-bond donors (Lipinski definition) is 1. The van der Waals surface area contributed by atoms with Crippen molar-refractivity contribution in [1.82, 2.24) is 4.90 Å². The minimum atomic E-state index is -3.73. The van der Waals surface area contributed by atoms with Crippen molar-refractivity contribution in [3.8, 4) is 0 Å². The highest BCUT2D eigenvalue weighted by molar-refractivity contribution is 7.92. The van der Waals surface area contributed by atoms with Gasteiger partial charge in [0.2, 0.25) is 15.9 Å². The van der Waals surface area contributed by atoms with E-state index >= 15 is 4.39 Å². The molecule has 0 bridgehead atoms. The highest BCUT2D eigenvalue weighted by atomic mass is 32.2. The van der Waals surface area contributed by atoms with E-state index in [2.05, 4.69) is 10.3 Å². The topological polar surface area (TPSA) is 108 Å². The lowest BCUT2D eigenvalue weighted by Crippen LogP contribution is -2.36. The molecule has 4 rings (SSSR count). The third-order valence-electron chi connectivity index (χ3n) is 5.95. The van der Waals surface area contributed by atoms with Crippen LogP contribution in [0.4, 0.5) is 21.5 Å². The van der Waals surface area contributed by atoms with E-state index in [9.17, 15) is 18.0 Å². The molecular formula is C26H27FN4O5S2. The first-order chi connectivity index (χ1) is 18.0. The molecule has 2 aromatic carbocycles. The van der Waals surface area contributed by atoms with Gasteiger partial charge in [0.05, 0.1) is 36.0 Å². The van der Waals surface area contributed by atoms with Crippen molar-refractivity contribution in [3.63, 3.8) is 0 Å². The molecule has 1 unspecified atom stereocenters. The first-order valence-corrected chi connectivity index (χ1v) is 14.3. The number of fused-ring (bicyclic) bond motifs is 1. The van der Waals surface area contributed by atoms with Gasteiger partial charge in [-0.05, 0) is 55.4 Å². The molecule has 0 spiro atoms. The number of nitrogens with one attached hydrogen (secondary N) is 1. The Balaban J connectivity index is 1.76. The number of amides is 1. The molecule has 0 saturated heterocycles. The first kappa shape index (κ1) is 27.4. The van der Waals surface area contributed by atoms with Gasteiger partial charge in [-0.15, -0.1) is 11.3 Å². The molecule has 3 aromatic rings. The second-order valence-electron chi connectivity index (χ2n) is 8.96. The van der Waals surface area contributed by atoms with E-state index in [1.165, 1.54) is 30.6 Å². The van der Waals surface area contributed by atoms with Gasteiger partial charge >= 0.3 is 5.97 Å². The van der Waals surface area contributed by atoms with Crippen LogP contribution in [0.15, 0.2) is 58.9 Å². The third kappa shape index (κ3) is 5.77. The Morgan fingerprint density at radius 2 is 1.92 bits per heavy atom. The second kappa shape index (κ2) is 11.0. The first-order valence-electron chi connectivity index (χ1n) is 11.6. The lowest BCUT2D eigenvalue weighted by atomic mass is 9.93. The van der Waals surface area contributed by atoms with Gasteiger partial charge in [-0.3, -0.25) is 14.1 Å².